The summed E-state index contributed by atoms with van der Waals surface area (Å²) in [7, 11) is 0. The molecule has 0 spiro atoms. The van der Waals surface area contributed by atoms with Gasteiger partial charge in [-0.25, -0.2) is 4.79 Å². The standard InChI is InChI=1S/C11H18N4O3/c1-3-15(7-8(2)10(16)17)11(18)12-4-9-5-13-14-6-9/h5-6,8H,3-4,7H2,1-2H3,(H,12,18)(H,13,14)(H,16,17). The Morgan fingerprint density at radius 1 is 1.61 bits per heavy atom. The minimum absolute atomic E-state index is 0.197. The first-order valence-corrected chi connectivity index (χ1v) is 5.77. The lowest BCUT2D eigenvalue weighted by molar-refractivity contribution is -0.141. The summed E-state index contributed by atoms with van der Waals surface area (Å²) in [5, 5.41) is 18.0. The van der Waals surface area contributed by atoms with Crippen LogP contribution in [0.1, 0.15) is 19.4 Å². The average molecular weight is 254 g/mol. The summed E-state index contributed by atoms with van der Waals surface area (Å²) >= 11 is 0. The van der Waals surface area contributed by atoms with Crippen LogP contribution in [0.5, 0.6) is 0 Å². The van der Waals surface area contributed by atoms with E-state index in [1.54, 1.807) is 19.3 Å². The molecule has 0 fully saturated rings. The van der Waals surface area contributed by atoms with Crippen LogP contribution < -0.4 is 5.32 Å². The van der Waals surface area contributed by atoms with Crippen LogP contribution in [-0.4, -0.2) is 45.3 Å². The lowest BCUT2D eigenvalue weighted by Crippen LogP contribution is -2.42. The number of amides is 2. The Morgan fingerprint density at radius 2 is 2.33 bits per heavy atom. The molecule has 0 saturated carbocycles. The number of aromatic nitrogens is 2. The van der Waals surface area contributed by atoms with Gasteiger partial charge in [0.15, 0.2) is 0 Å². The predicted octanol–water partition coefficient (Wildman–Crippen LogP) is 0.662. The van der Waals surface area contributed by atoms with Gasteiger partial charge in [-0.05, 0) is 6.92 Å². The summed E-state index contributed by atoms with van der Waals surface area (Å²) in [6, 6.07) is -0.271. The molecule has 0 aromatic carbocycles. The number of hydrogen-bond acceptors (Lipinski definition) is 3. The summed E-state index contributed by atoms with van der Waals surface area (Å²) in [6.45, 7) is 4.42. The second kappa shape index (κ2) is 6.63. The van der Waals surface area contributed by atoms with E-state index in [1.807, 2.05) is 6.92 Å². The number of nitrogens with zero attached hydrogens (tertiary/aromatic N) is 2. The second-order valence-corrected chi connectivity index (χ2v) is 4.04. The maximum atomic E-state index is 11.8. The van der Waals surface area contributed by atoms with Crippen LogP contribution in [0.25, 0.3) is 0 Å². The first kappa shape index (κ1) is 14.0. The Labute approximate surface area is 105 Å². The van der Waals surface area contributed by atoms with E-state index in [2.05, 4.69) is 15.5 Å². The number of H-pyrrole nitrogens is 1. The molecule has 0 aliphatic heterocycles. The molecule has 0 saturated heterocycles. The molecule has 2 amide bonds. The Morgan fingerprint density at radius 3 is 2.83 bits per heavy atom. The number of nitrogens with one attached hydrogen (secondary N) is 2. The fourth-order valence-electron chi connectivity index (χ4n) is 1.43. The van der Waals surface area contributed by atoms with Crippen LogP contribution in [0.3, 0.4) is 0 Å². The third kappa shape index (κ3) is 4.08. The Hall–Kier alpha value is -2.05. The van der Waals surface area contributed by atoms with E-state index in [4.69, 9.17) is 5.11 Å². The zero-order valence-corrected chi connectivity index (χ0v) is 10.5. The normalized spacial score (nSPS) is 11.9. The molecule has 1 rings (SSSR count). The molecule has 3 N–H and O–H groups in total. The Kier molecular flexibility index (Phi) is 5.16. The predicted molar refractivity (Wildman–Crippen MR) is 64.9 cm³/mol. The maximum Gasteiger partial charge on any atom is 0.317 e. The van der Waals surface area contributed by atoms with E-state index >= 15 is 0 Å². The van der Waals surface area contributed by atoms with Crippen LogP contribution in [0.15, 0.2) is 12.4 Å². The molecule has 7 heteroatoms. The number of aromatic amines is 1. The van der Waals surface area contributed by atoms with Crippen molar-refractivity contribution in [2.75, 3.05) is 13.1 Å². The average Bonchev–Trinajstić information content (AvgIpc) is 2.85. The number of aliphatic carboxylic acids is 1. The third-order valence-electron chi connectivity index (χ3n) is 2.58. The van der Waals surface area contributed by atoms with Gasteiger partial charge in [-0.15, -0.1) is 0 Å². The molecule has 1 unspecified atom stereocenters. The largest absolute Gasteiger partial charge is 0.481 e. The molecule has 0 aliphatic carbocycles. The quantitative estimate of drug-likeness (QED) is 0.694. The van der Waals surface area contributed by atoms with Crippen molar-refractivity contribution < 1.29 is 14.7 Å². The molecular weight excluding hydrogens is 236 g/mol. The molecule has 18 heavy (non-hydrogen) atoms. The van der Waals surface area contributed by atoms with Crippen LogP contribution >= 0.6 is 0 Å². The van der Waals surface area contributed by atoms with Gasteiger partial charge in [-0.2, -0.15) is 5.10 Å². The van der Waals surface area contributed by atoms with Crippen LogP contribution in [0, 0.1) is 5.92 Å². The van der Waals surface area contributed by atoms with Gasteiger partial charge >= 0.3 is 12.0 Å². The SMILES string of the molecule is CCN(CC(C)C(=O)O)C(=O)NCc1cn[nH]c1. The number of carbonyl (C=O) groups is 2. The monoisotopic (exact) mass is 254 g/mol. The highest BCUT2D eigenvalue weighted by Gasteiger charge is 2.18. The minimum Gasteiger partial charge on any atom is -0.481 e. The molecule has 0 radical (unpaired) electrons. The maximum absolute atomic E-state index is 11.8. The summed E-state index contributed by atoms with van der Waals surface area (Å²) in [6.07, 6.45) is 3.31. The Balaban J connectivity index is 2.44. The zero-order valence-electron chi connectivity index (χ0n) is 10.5. The zero-order chi connectivity index (χ0) is 13.5. The number of hydrogen-bond donors (Lipinski definition) is 3. The van der Waals surface area contributed by atoms with E-state index in [0.29, 0.717) is 13.1 Å². The number of carboxylic acids is 1. The lowest BCUT2D eigenvalue weighted by atomic mass is 10.2. The lowest BCUT2D eigenvalue weighted by Gasteiger charge is -2.23. The van der Waals surface area contributed by atoms with Gasteiger partial charge in [0, 0.05) is 31.4 Å². The summed E-state index contributed by atoms with van der Waals surface area (Å²) < 4.78 is 0. The van der Waals surface area contributed by atoms with Crippen molar-refractivity contribution in [3.8, 4) is 0 Å². The second-order valence-electron chi connectivity index (χ2n) is 4.04. The first-order chi connectivity index (χ1) is 8.54. The molecule has 1 aromatic rings. The van der Waals surface area contributed by atoms with Crippen molar-refractivity contribution in [2.24, 2.45) is 5.92 Å². The van der Waals surface area contributed by atoms with E-state index in [9.17, 15) is 9.59 Å². The number of carbonyl (C=O) groups excluding carboxylic acids is 1. The Bertz CT molecular complexity index is 391. The van der Waals surface area contributed by atoms with Crippen LogP contribution in [0.4, 0.5) is 4.79 Å². The van der Waals surface area contributed by atoms with Gasteiger partial charge in [-0.3, -0.25) is 9.89 Å². The van der Waals surface area contributed by atoms with Gasteiger partial charge in [0.05, 0.1) is 12.1 Å². The fraction of sp³-hybridized carbons (Fsp3) is 0.545. The van der Waals surface area contributed by atoms with Crippen molar-refractivity contribution in [3.05, 3.63) is 18.0 Å². The van der Waals surface area contributed by atoms with Gasteiger partial charge < -0.3 is 15.3 Å². The smallest absolute Gasteiger partial charge is 0.317 e. The van der Waals surface area contributed by atoms with E-state index < -0.39 is 11.9 Å². The molecule has 0 aliphatic rings. The molecule has 100 valence electrons. The molecule has 1 heterocycles. The molecule has 1 aromatic heterocycles. The van der Waals surface area contributed by atoms with Crippen molar-refractivity contribution in [2.45, 2.75) is 20.4 Å². The molecular formula is C11H18N4O3. The number of rotatable bonds is 6. The summed E-state index contributed by atoms with van der Waals surface area (Å²) in [5.74, 6) is -1.49. The van der Waals surface area contributed by atoms with Gasteiger partial charge in [0.25, 0.3) is 0 Å². The number of carboxylic acid groups (broad SMARTS) is 1. The van der Waals surface area contributed by atoms with Crippen LogP contribution in [-0.2, 0) is 11.3 Å². The first-order valence-electron chi connectivity index (χ1n) is 5.77. The van der Waals surface area contributed by atoms with E-state index in [1.165, 1.54) is 4.90 Å². The van der Waals surface area contributed by atoms with Gasteiger partial charge in [0.2, 0.25) is 0 Å². The van der Waals surface area contributed by atoms with Crippen molar-refractivity contribution in [1.29, 1.82) is 0 Å². The molecule has 7 nitrogen and oxygen atoms in total. The van der Waals surface area contributed by atoms with E-state index in [0.717, 1.165) is 5.56 Å². The molecule has 0 bridgehead atoms. The highest BCUT2D eigenvalue weighted by Crippen LogP contribution is 2.01. The van der Waals surface area contributed by atoms with Crippen molar-refractivity contribution in [3.63, 3.8) is 0 Å². The highest BCUT2D eigenvalue weighted by atomic mass is 16.4. The summed E-state index contributed by atoms with van der Waals surface area (Å²) in [4.78, 5) is 24.0. The van der Waals surface area contributed by atoms with Crippen LogP contribution in [0.2, 0.25) is 0 Å². The summed E-state index contributed by atoms with van der Waals surface area (Å²) in [5.41, 5.74) is 0.866. The highest BCUT2D eigenvalue weighted by molar-refractivity contribution is 5.75. The minimum atomic E-state index is -0.906. The fourth-order valence-corrected chi connectivity index (χ4v) is 1.43. The van der Waals surface area contributed by atoms with Crippen molar-refractivity contribution in [1.82, 2.24) is 20.4 Å². The van der Waals surface area contributed by atoms with E-state index in [-0.39, 0.29) is 12.6 Å². The topological polar surface area (TPSA) is 98.3 Å². The van der Waals surface area contributed by atoms with Gasteiger partial charge in [-0.1, -0.05) is 6.92 Å². The number of urea groups is 1. The van der Waals surface area contributed by atoms with Gasteiger partial charge in [0.1, 0.15) is 0 Å². The van der Waals surface area contributed by atoms with Crippen molar-refractivity contribution >= 4 is 12.0 Å². The third-order valence-corrected chi connectivity index (χ3v) is 2.58. The molecule has 1 atom stereocenters.